The predicted molar refractivity (Wildman–Crippen MR) is 255 cm³/mol. The Labute approximate surface area is 364 Å². The van der Waals surface area contributed by atoms with Crippen molar-refractivity contribution in [1.29, 1.82) is 0 Å². The molecular formula is C53H93NO5. The second-order valence-electron chi connectivity index (χ2n) is 16.6. The molecule has 6 heteroatoms. The molecule has 0 bridgehead atoms. The monoisotopic (exact) mass is 824 g/mol. The van der Waals surface area contributed by atoms with Crippen LogP contribution in [0.2, 0.25) is 0 Å². The van der Waals surface area contributed by atoms with Crippen molar-refractivity contribution in [3.05, 3.63) is 72.9 Å². The third-order valence-electron chi connectivity index (χ3n) is 11.0. The average molecular weight is 824 g/mol. The van der Waals surface area contributed by atoms with Gasteiger partial charge in [-0.2, -0.15) is 0 Å². The highest BCUT2D eigenvalue weighted by Gasteiger charge is 2.24. The van der Waals surface area contributed by atoms with Gasteiger partial charge < -0.3 is 20.3 Å². The van der Waals surface area contributed by atoms with Gasteiger partial charge in [-0.25, -0.2) is 0 Å². The largest absolute Gasteiger partial charge is 0.462 e. The summed E-state index contributed by atoms with van der Waals surface area (Å²) in [6.07, 6.45) is 58.2. The molecule has 3 atom stereocenters. The lowest BCUT2D eigenvalue weighted by Crippen LogP contribution is -2.46. The smallest absolute Gasteiger partial charge is 0.306 e. The second kappa shape index (κ2) is 46.4. The van der Waals surface area contributed by atoms with E-state index >= 15 is 0 Å². The minimum atomic E-state index is -0.808. The minimum absolute atomic E-state index is 0.0260. The van der Waals surface area contributed by atoms with Crippen molar-refractivity contribution < 1.29 is 24.5 Å². The molecule has 0 radical (unpaired) electrons. The summed E-state index contributed by atoms with van der Waals surface area (Å²) in [5.74, 6) is -0.549. The fraction of sp³-hybridized carbons (Fsp3) is 0.736. The van der Waals surface area contributed by atoms with Crippen LogP contribution in [-0.4, -0.2) is 46.9 Å². The maximum absolute atomic E-state index is 13.2. The van der Waals surface area contributed by atoms with Gasteiger partial charge in [-0.15, -0.1) is 0 Å². The predicted octanol–water partition coefficient (Wildman–Crippen LogP) is 14.6. The lowest BCUT2D eigenvalue weighted by Gasteiger charge is -2.24. The van der Waals surface area contributed by atoms with Crippen LogP contribution in [0.4, 0.5) is 0 Å². The molecule has 1 amide bonds. The van der Waals surface area contributed by atoms with Gasteiger partial charge in [0.05, 0.1) is 25.2 Å². The summed E-state index contributed by atoms with van der Waals surface area (Å²) in [4.78, 5) is 26.1. The molecule has 6 nitrogen and oxygen atoms in total. The number of hydrogen-bond acceptors (Lipinski definition) is 5. The van der Waals surface area contributed by atoms with Crippen LogP contribution in [0.3, 0.4) is 0 Å². The normalized spacial score (nSPS) is 13.9. The maximum atomic E-state index is 13.2. The number of nitrogens with one attached hydrogen (secondary N) is 1. The van der Waals surface area contributed by atoms with E-state index in [1.165, 1.54) is 122 Å². The molecule has 0 fully saturated rings. The first kappa shape index (κ1) is 56.3. The van der Waals surface area contributed by atoms with Crippen molar-refractivity contribution in [2.45, 2.75) is 244 Å². The Morgan fingerprint density at radius 1 is 0.508 bits per heavy atom. The molecular weight excluding hydrogens is 731 g/mol. The zero-order valence-electron chi connectivity index (χ0n) is 38.6. The van der Waals surface area contributed by atoms with Crippen LogP contribution in [0, 0.1) is 0 Å². The van der Waals surface area contributed by atoms with Gasteiger partial charge in [0, 0.05) is 6.42 Å². The fourth-order valence-corrected chi connectivity index (χ4v) is 7.23. The topological polar surface area (TPSA) is 95.9 Å². The molecule has 0 aliphatic carbocycles. The van der Waals surface area contributed by atoms with E-state index in [1.54, 1.807) is 0 Å². The number of unbranched alkanes of at least 4 members (excludes halogenated alkanes) is 24. The molecule has 59 heavy (non-hydrogen) atoms. The highest BCUT2D eigenvalue weighted by Crippen LogP contribution is 2.17. The first-order valence-electron chi connectivity index (χ1n) is 24.7. The number of esters is 1. The summed E-state index contributed by atoms with van der Waals surface area (Å²) >= 11 is 0. The van der Waals surface area contributed by atoms with Gasteiger partial charge in [0.2, 0.25) is 5.91 Å². The molecule has 0 heterocycles. The van der Waals surface area contributed by atoms with E-state index in [0.29, 0.717) is 19.3 Å². The Balaban J connectivity index is 4.74. The Hall–Kier alpha value is -2.70. The van der Waals surface area contributed by atoms with Crippen LogP contribution >= 0.6 is 0 Å². The van der Waals surface area contributed by atoms with E-state index in [-0.39, 0.29) is 24.9 Å². The van der Waals surface area contributed by atoms with E-state index in [1.807, 2.05) is 60.8 Å². The van der Waals surface area contributed by atoms with E-state index in [4.69, 9.17) is 4.74 Å². The molecule has 0 spiro atoms. The Morgan fingerprint density at radius 2 is 0.915 bits per heavy atom. The number of aliphatic hydroxyl groups is 2. The minimum Gasteiger partial charge on any atom is -0.462 e. The molecule has 0 aromatic carbocycles. The zero-order chi connectivity index (χ0) is 43.1. The molecule has 340 valence electrons. The summed E-state index contributed by atoms with van der Waals surface area (Å²) < 4.78 is 5.88. The fourth-order valence-electron chi connectivity index (χ4n) is 7.23. The first-order chi connectivity index (χ1) is 29.0. The molecule has 0 saturated heterocycles. The van der Waals surface area contributed by atoms with Crippen LogP contribution in [0.1, 0.15) is 226 Å². The molecule has 0 rings (SSSR count). The van der Waals surface area contributed by atoms with Crippen LogP contribution < -0.4 is 5.32 Å². The molecule has 0 aromatic heterocycles. The quantitative estimate of drug-likeness (QED) is 0.0323. The second-order valence-corrected chi connectivity index (χ2v) is 16.6. The number of amides is 1. The third-order valence-corrected chi connectivity index (χ3v) is 11.0. The number of ether oxygens (including phenoxy) is 1. The molecule has 0 saturated carbocycles. The van der Waals surface area contributed by atoms with Gasteiger partial charge in [0.1, 0.15) is 6.10 Å². The standard InChI is InChI=1S/C53H93NO5/c1-4-7-10-13-16-19-22-25-26-28-29-32-35-38-41-44-49(59-53(58)46-43-40-37-34-31-27-23-20-17-14-11-8-5-2)47-52(57)54-50(48-55)51(56)45-42-39-36-33-30-24-21-18-15-12-9-6-3/h7,10,13,16,19,22,25-26,28-29,32,35,49-51,55-56H,4-6,8-9,11-12,14-15,17-18,20-21,23-24,27,30-31,33-34,36-48H2,1-3H3,(H,54,57)/b10-7-,16-13+,22-19+,26-25-,29-28+,35-32+. The summed E-state index contributed by atoms with van der Waals surface area (Å²) in [6.45, 7) is 6.31. The highest BCUT2D eigenvalue weighted by atomic mass is 16.5. The van der Waals surface area contributed by atoms with Gasteiger partial charge in [0.25, 0.3) is 0 Å². The maximum Gasteiger partial charge on any atom is 0.306 e. The van der Waals surface area contributed by atoms with Gasteiger partial charge in [-0.05, 0) is 38.5 Å². The number of carbonyl (C=O) groups is 2. The van der Waals surface area contributed by atoms with Crippen molar-refractivity contribution in [3.8, 4) is 0 Å². The van der Waals surface area contributed by atoms with E-state index in [9.17, 15) is 19.8 Å². The van der Waals surface area contributed by atoms with Crippen LogP contribution in [0.5, 0.6) is 0 Å². The van der Waals surface area contributed by atoms with Crippen molar-refractivity contribution in [3.63, 3.8) is 0 Å². The van der Waals surface area contributed by atoms with Gasteiger partial charge in [-0.1, -0.05) is 248 Å². The summed E-state index contributed by atoms with van der Waals surface area (Å²) in [5.41, 5.74) is 0. The average Bonchev–Trinajstić information content (AvgIpc) is 3.23. The number of rotatable bonds is 43. The van der Waals surface area contributed by atoms with E-state index < -0.39 is 18.2 Å². The Morgan fingerprint density at radius 3 is 1.36 bits per heavy atom. The molecule has 0 aromatic rings. The van der Waals surface area contributed by atoms with Crippen LogP contribution in [0.15, 0.2) is 72.9 Å². The third kappa shape index (κ3) is 41.8. The molecule has 3 N–H and O–H groups in total. The van der Waals surface area contributed by atoms with Gasteiger partial charge >= 0.3 is 5.97 Å². The summed E-state index contributed by atoms with van der Waals surface area (Å²) in [6, 6.07) is -0.726. The lowest BCUT2D eigenvalue weighted by atomic mass is 10.0. The number of hydrogen-bond donors (Lipinski definition) is 3. The van der Waals surface area contributed by atoms with Gasteiger partial charge in [0.15, 0.2) is 0 Å². The van der Waals surface area contributed by atoms with Gasteiger partial charge in [-0.3, -0.25) is 9.59 Å². The number of aliphatic hydroxyl groups excluding tert-OH is 2. The lowest BCUT2D eigenvalue weighted by molar-refractivity contribution is -0.151. The van der Waals surface area contributed by atoms with Crippen molar-refractivity contribution in [1.82, 2.24) is 5.32 Å². The number of carbonyl (C=O) groups excluding carboxylic acids is 2. The van der Waals surface area contributed by atoms with Crippen molar-refractivity contribution in [2.75, 3.05) is 6.61 Å². The SMILES string of the molecule is CC\C=C/C=C/C=C/C=C\C=C\C=C\CCCC(CC(=O)NC(CO)C(O)CCCCCCCCCCCCCC)OC(=O)CCCCCCCCCCCCCCC. The van der Waals surface area contributed by atoms with Crippen LogP contribution in [-0.2, 0) is 14.3 Å². The molecule has 0 aliphatic rings. The van der Waals surface area contributed by atoms with Crippen LogP contribution in [0.25, 0.3) is 0 Å². The summed E-state index contributed by atoms with van der Waals surface area (Å²) in [5, 5.41) is 23.7. The number of allylic oxidation sites excluding steroid dienone is 12. The van der Waals surface area contributed by atoms with Crippen molar-refractivity contribution in [2.24, 2.45) is 0 Å². The molecule has 3 unspecified atom stereocenters. The van der Waals surface area contributed by atoms with Crippen molar-refractivity contribution >= 4 is 11.9 Å². The Bertz CT molecular complexity index is 1110. The zero-order valence-corrected chi connectivity index (χ0v) is 38.6. The molecule has 0 aliphatic heterocycles. The Kier molecular flexibility index (Phi) is 44.2. The highest BCUT2D eigenvalue weighted by molar-refractivity contribution is 5.77. The van der Waals surface area contributed by atoms with E-state index in [0.717, 1.165) is 57.8 Å². The summed E-state index contributed by atoms with van der Waals surface area (Å²) in [7, 11) is 0. The van der Waals surface area contributed by atoms with E-state index in [2.05, 4.69) is 38.2 Å². The first-order valence-corrected chi connectivity index (χ1v) is 24.7.